The molecule has 0 bridgehead atoms. The first kappa shape index (κ1) is 11.8. The van der Waals surface area contributed by atoms with Gasteiger partial charge in [0.15, 0.2) is 0 Å². The fraction of sp³-hybridized carbons (Fsp3) is 0.364. The lowest BCUT2D eigenvalue weighted by molar-refractivity contribution is -0.140. The van der Waals surface area contributed by atoms with Crippen LogP contribution < -0.4 is 5.56 Å². The van der Waals surface area contributed by atoms with Crippen molar-refractivity contribution in [2.45, 2.75) is 26.8 Å². The molecule has 0 saturated heterocycles. The highest BCUT2D eigenvalue weighted by Crippen LogP contribution is 2.25. The SMILES string of the molecule is Cc1sc2ncn([C@@H](C)C(=O)O)c(=O)c2c1C. The van der Waals surface area contributed by atoms with Gasteiger partial charge in [-0.25, -0.2) is 9.78 Å². The summed E-state index contributed by atoms with van der Waals surface area (Å²) in [5.41, 5.74) is 0.598. The molecule has 0 aliphatic rings. The molecule has 2 aromatic rings. The van der Waals surface area contributed by atoms with Gasteiger partial charge in [0.2, 0.25) is 0 Å². The van der Waals surface area contributed by atoms with Gasteiger partial charge in [-0.15, -0.1) is 11.3 Å². The molecular weight excluding hydrogens is 240 g/mol. The Hall–Kier alpha value is -1.69. The summed E-state index contributed by atoms with van der Waals surface area (Å²) in [6.07, 6.45) is 1.30. The summed E-state index contributed by atoms with van der Waals surface area (Å²) in [6, 6.07) is -0.904. The average molecular weight is 252 g/mol. The van der Waals surface area contributed by atoms with E-state index in [2.05, 4.69) is 4.98 Å². The van der Waals surface area contributed by atoms with E-state index in [9.17, 15) is 9.59 Å². The maximum absolute atomic E-state index is 12.2. The summed E-state index contributed by atoms with van der Waals surface area (Å²) in [5.74, 6) is -1.04. The summed E-state index contributed by atoms with van der Waals surface area (Å²) in [4.78, 5) is 28.9. The van der Waals surface area contributed by atoms with Gasteiger partial charge in [0.25, 0.3) is 5.56 Å². The standard InChI is InChI=1S/C11H12N2O3S/c1-5-7(3)17-9-8(5)10(14)13(4-12-9)6(2)11(15)16/h4,6H,1-3H3,(H,15,16)/t6-/m0/s1. The molecule has 0 unspecified atom stereocenters. The van der Waals surface area contributed by atoms with Crippen molar-refractivity contribution in [1.29, 1.82) is 0 Å². The molecule has 0 aliphatic heterocycles. The van der Waals surface area contributed by atoms with E-state index in [1.54, 1.807) is 0 Å². The highest BCUT2D eigenvalue weighted by Gasteiger charge is 2.18. The number of aromatic nitrogens is 2. The number of carbonyl (C=O) groups is 1. The van der Waals surface area contributed by atoms with Crippen molar-refractivity contribution in [3.63, 3.8) is 0 Å². The van der Waals surface area contributed by atoms with Gasteiger partial charge in [-0.2, -0.15) is 0 Å². The van der Waals surface area contributed by atoms with Crippen molar-refractivity contribution in [2.75, 3.05) is 0 Å². The summed E-state index contributed by atoms with van der Waals surface area (Å²) >= 11 is 1.45. The maximum atomic E-state index is 12.2. The second-order valence-electron chi connectivity index (χ2n) is 3.93. The van der Waals surface area contributed by atoms with Crippen LogP contribution >= 0.6 is 11.3 Å². The molecule has 5 nitrogen and oxygen atoms in total. The van der Waals surface area contributed by atoms with E-state index in [-0.39, 0.29) is 5.56 Å². The van der Waals surface area contributed by atoms with Gasteiger partial charge in [0.1, 0.15) is 10.9 Å². The Labute approximate surface area is 101 Å². The van der Waals surface area contributed by atoms with E-state index in [0.717, 1.165) is 15.0 Å². The molecule has 0 spiro atoms. The van der Waals surface area contributed by atoms with Gasteiger partial charge in [0.05, 0.1) is 11.7 Å². The van der Waals surface area contributed by atoms with Gasteiger partial charge in [-0.3, -0.25) is 9.36 Å². The molecule has 2 aromatic heterocycles. The second-order valence-corrected chi connectivity index (χ2v) is 5.14. The fourth-order valence-corrected chi connectivity index (χ4v) is 2.63. The Balaban J connectivity index is 2.78. The third-order valence-corrected chi connectivity index (χ3v) is 4.00. The number of fused-ring (bicyclic) bond motifs is 1. The van der Waals surface area contributed by atoms with E-state index in [0.29, 0.717) is 10.2 Å². The first-order valence-electron chi connectivity index (χ1n) is 5.13. The van der Waals surface area contributed by atoms with Gasteiger partial charge < -0.3 is 5.11 Å². The van der Waals surface area contributed by atoms with E-state index >= 15 is 0 Å². The molecular formula is C11H12N2O3S. The Morgan fingerprint density at radius 2 is 2.18 bits per heavy atom. The number of hydrogen-bond donors (Lipinski definition) is 1. The number of thiophene rings is 1. The molecule has 0 radical (unpaired) electrons. The highest BCUT2D eigenvalue weighted by molar-refractivity contribution is 7.18. The van der Waals surface area contributed by atoms with Gasteiger partial charge in [-0.05, 0) is 26.3 Å². The molecule has 0 amide bonds. The number of rotatable bonds is 2. The predicted octanol–water partition coefficient (Wildman–Crippen LogP) is 1.72. The lowest BCUT2D eigenvalue weighted by atomic mass is 10.2. The Morgan fingerprint density at radius 1 is 1.53 bits per heavy atom. The number of nitrogens with zero attached hydrogens (tertiary/aromatic N) is 2. The van der Waals surface area contributed by atoms with E-state index in [1.165, 1.54) is 24.6 Å². The summed E-state index contributed by atoms with van der Waals surface area (Å²) in [7, 11) is 0. The van der Waals surface area contributed by atoms with Gasteiger partial charge >= 0.3 is 5.97 Å². The van der Waals surface area contributed by atoms with Crippen molar-refractivity contribution < 1.29 is 9.90 Å². The molecule has 17 heavy (non-hydrogen) atoms. The molecule has 6 heteroatoms. The van der Waals surface area contributed by atoms with Crippen LogP contribution in [0.3, 0.4) is 0 Å². The van der Waals surface area contributed by atoms with E-state index in [1.807, 2.05) is 13.8 Å². The zero-order valence-electron chi connectivity index (χ0n) is 9.72. The Morgan fingerprint density at radius 3 is 2.76 bits per heavy atom. The first-order chi connectivity index (χ1) is 7.93. The molecule has 1 atom stereocenters. The number of carboxylic acids is 1. The van der Waals surface area contributed by atoms with Crippen LogP contribution in [0.1, 0.15) is 23.4 Å². The smallest absolute Gasteiger partial charge is 0.326 e. The summed E-state index contributed by atoms with van der Waals surface area (Å²) < 4.78 is 1.16. The third-order valence-electron chi connectivity index (χ3n) is 2.89. The Kier molecular flexibility index (Phi) is 2.74. The molecule has 0 aliphatic carbocycles. The normalized spacial score (nSPS) is 12.9. The van der Waals surface area contributed by atoms with Crippen LogP contribution in [-0.2, 0) is 4.79 Å². The lowest BCUT2D eigenvalue weighted by Gasteiger charge is -2.09. The van der Waals surface area contributed by atoms with Gasteiger partial charge in [-0.1, -0.05) is 0 Å². The van der Waals surface area contributed by atoms with Crippen LogP contribution in [0, 0.1) is 13.8 Å². The first-order valence-corrected chi connectivity index (χ1v) is 5.94. The largest absolute Gasteiger partial charge is 0.480 e. The zero-order valence-corrected chi connectivity index (χ0v) is 10.5. The number of carboxylic acid groups (broad SMARTS) is 1. The minimum absolute atomic E-state index is 0.285. The summed E-state index contributed by atoms with van der Waals surface area (Å²) in [5, 5.41) is 9.45. The quantitative estimate of drug-likeness (QED) is 0.883. The average Bonchev–Trinajstić information content (AvgIpc) is 2.55. The minimum atomic E-state index is -1.04. The van der Waals surface area contributed by atoms with Crippen molar-refractivity contribution in [2.24, 2.45) is 0 Å². The fourth-order valence-electron chi connectivity index (χ4n) is 1.64. The Bertz CT molecular complexity index is 657. The van der Waals surface area contributed by atoms with Crippen LogP contribution in [0.2, 0.25) is 0 Å². The van der Waals surface area contributed by atoms with Crippen molar-refractivity contribution in [3.05, 3.63) is 27.1 Å². The highest BCUT2D eigenvalue weighted by atomic mass is 32.1. The molecule has 2 heterocycles. The number of aryl methyl sites for hydroxylation is 2. The van der Waals surface area contributed by atoms with Crippen molar-refractivity contribution in [1.82, 2.24) is 9.55 Å². The van der Waals surface area contributed by atoms with Crippen LogP contribution in [-0.4, -0.2) is 20.6 Å². The lowest BCUT2D eigenvalue weighted by Crippen LogP contribution is -2.28. The monoisotopic (exact) mass is 252 g/mol. The van der Waals surface area contributed by atoms with Crippen LogP contribution in [0.5, 0.6) is 0 Å². The topological polar surface area (TPSA) is 72.2 Å². The van der Waals surface area contributed by atoms with E-state index < -0.39 is 12.0 Å². The maximum Gasteiger partial charge on any atom is 0.326 e. The molecule has 2 rings (SSSR count). The summed E-state index contributed by atoms with van der Waals surface area (Å²) in [6.45, 7) is 5.24. The van der Waals surface area contributed by atoms with E-state index in [4.69, 9.17) is 5.11 Å². The van der Waals surface area contributed by atoms with Crippen molar-refractivity contribution in [3.8, 4) is 0 Å². The number of aliphatic carboxylic acids is 1. The van der Waals surface area contributed by atoms with Crippen LogP contribution in [0.15, 0.2) is 11.1 Å². The molecule has 90 valence electrons. The minimum Gasteiger partial charge on any atom is -0.480 e. The molecule has 1 N–H and O–H groups in total. The zero-order chi connectivity index (χ0) is 12.7. The second kappa shape index (κ2) is 3.96. The molecule has 0 fully saturated rings. The van der Waals surface area contributed by atoms with Crippen LogP contribution in [0.25, 0.3) is 10.2 Å². The van der Waals surface area contributed by atoms with Crippen LogP contribution in [0.4, 0.5) is 0 Å². The third kappa shape index (κ3) is 1.74. The number of hydrogen-bond acceptors (Lipinski definition) is 4. The molecule has 0 aromatic carbocycles. The predicted molar refractivity (Wildman–Crippen MR) is 65.7 cm³/mol. The molecule has 0 saturated carbocycles. The van der Waals surface area contributed by atoms with Crippen molar-refractivity contribution >= 4 is 27.5 Å². The van der Waals surface area contributed by atoms with Gasteiger partial charge in [0, 0.05) is 4.88 Å².